The third kappa shape index (κ3) is 4.20. The van der Waals surface area contributed by atoms with Gasteiger partial charge in [0.2, 0.25) is 0 Å². The molecule has 2 aliphatic carbocycles. The highest BCUT2D eigenvalue weighted by Gasteiger charge is 2.38. The van der Waals surface area contributed by atoms with Gasteiger partial charge in [0.1, 0.15) is 0 Å². The molecule has 50 heavy (non-hydrogen) atoms. The number of anilines is 3. The van der Waals surface area contributed by atoms with Crippen LogP contribution in [0.25, 0.3) is 66.4 Å². The summed E-state index contributed by atoms with van der Waals surface area (Å²) in [6.07, 6.45) is 0. The van der Waals surface area contributed by atoms with Gasteiger partial charge in [0.25, 0.3) is 0 Å². The first-order valence-electron chi connectivity index (χ1n) is 17.5. The lowest BCUT2D eigenvalue weighted by atomic mass is 9.80. The molecular formula is C49H35N. The molecule has 0 spiro atoms. The van der Waals surface area contributed by atoms with Crippen molar-refractivity contribution >= 4 is 27.8 Å². The second kappa shape index (κ2) is 10.9. The Labute approximate surface area is 293 Å². The predicted octanol–water partition coefficient (Wildman–Crippen LogP) is 13.6. The second-order valence-electron chi connectivity index (χ2n) is 14.1. The van der Waals surface area contributed by atoms with Crippen molar-refractivity contribution in [2.75, 3.05) is 4.90 Å². The topological polar surface area (TPSA) is 3.24 Å². The summed E-state index contributed by atoms with van der Waals surface area (Å²) < 4.78 is 0. The van der Waals surface area contributed by atoms with Crippen LogP contribution in [0, 0.1) is 0 Å². The normalized spacial score (nSPS) is 13.2. The number of hydrogen-bond acceptors (Lipinski definition) is 1. The van der Waals surface area contributed by atoms with E-state index in [2.05, 4.69) is 195 Å². The zero-order valence-corrected chi connectivity index (χ0v) is 28.2. The van der Waals surface area contributed by atoms with Gasteiger partial charge in [-0.25, -0.2) is 0 Å². The fourth-order valence-corrected chi connectivity index (χ4v) is 8.65. The fourth-order valence-electron chi connectivity index (χ4n) is 8.65. The third-order valence-corrected chi connectivity index (χ3v) is 11.0. The van der Waals surface area contributed by atoms with E-state index in [0.717, 1.165) is 11.4 Å². The van der Waals surface area contributed by atoms with Crippen molar-refractivity contribution < 1.29 is 0 Å². The van der Waals surface area contributed by atoms with Gasteiger partial charge in [-0.05, 0) is 102 Å². The largest absolute Gasteiger partial charge is 0.310 e. The van der Waals surface area contributed by atoms with E-state index < -0.39 is 0 Å². The molecule has 236 valence electrons. The van der Waals surface area contributed by atoms with Crippen molar-refractivity contribution in [2.45, 2.75) is 19.3 Å². The van der Waals surface area contributed by atoms with Gasteiger partial charge in [-0.2, -0.15) is 0 Å². The molecule has 0 aromatic heterocycles. The van der Waals surface area contributed by atoms with E-state index in [1.54, 1.807) is 0 Å². The molecular weight excluding hydrogens is 603 g/mol. The lowest BCUT2D eigenvalue weighted by Gasteiger charge is -2.30. The Morgan fingerprint density at radius 2 is 0.800 bits per heavy atom. The van der Waals surface area contributed by atoms with Gasteiger partial charge in [-0.3, -0.25) is 0 Å². The van der Waals surface area contributed by atoms with Crippen LogP contribution in [0.4, 0.5) is 17.1 Å². The average Bonchev–Trinajstić information content (AvgIpc) is 3.41. The molecule has 1 heteroatoms. The molecule has 10 rings (SSSR count). The van der Waals surface area contributed by atoms with Crippen molar-refractivity contribution in [3.05, 3.63) is 187 Å². The fraction of sp³-hybridized carbons (Fsp3) is 0.0612. The van der Waals surface area contributed by atoms with Gasteiger partial charge in [0.05, 0.1) is 5.69 Å². The second-order valence-corrected chi connectivity index (χ2v) is 14.1. The Hall–Kier alpha value is -6.18. The molecule has 0 saturated heterocycles. The number of hydrogen-bond donors (Lipinski definition) is 0. The van der Waals surface area contributed by atoms with Crippen molar-refractivity contribution in [2.24, 2.45) is 0 Å². The number of rotatable bonds is 3. The molecule has 8 aromatic rings. The van der Waals surface area contributed by atoms with Crippen LogP contribution in [0.5, 0.6) is 0 Å². The summed E-state index contributed by atoms with van der Waals surface area (Å²) in [4.78, 5) is 2.49. The van der Waals surface area contributed by atoms with E-state index in [1.807, 2.05) is 0 Å². The smallest absolute Gasteiger partial charge is 0.0543 e. The number of benzene rings is 8. The minimum atomic E-state index is -0.0982. The minimum absolute atomic E-state index is 0.0982. The van der Waals surface area contributed by atoms with Crippen molar-refractivity contribution in [1.82, 2.24) is 0 Å². The Bertz CT molecular complexity index is 2630. The van der Waals surface area contributed by atoms with Crippen LogP contribution >= 0.6 is 0 Å². The molecule has 0 amide bonds. The van der Waals surface area contributed by atoms with Crippen LogP contribution in [0.2, 0.25) is 0 Å². The molecule has 0 radical (unpaired) electrons. The highest BCUT2D eigenvalue weighted by atomic mass is 15.1. The summed E-state index contributed by atoms with van der Waals surface area (Å²) in [5.41, 5.74) is 18.8. The van der Waals surface area contributed by atoms with Crippen LogP contribution in [0.3, 0.4) is 0 Å². The Morgan fingerprint density at radius 3 is 1.44 bits per heavy atom. The van der Waals surface area contributed by atoms with Crippen molar-refractivity contribution in [3.63, 3.8) is 0 Å². The lowest BCUT2D eigenvalue weighted by molar-refractivity contribution is 0.660. The minimum Gasteiger partial charge on any atom is -0.310 e. The van der Waals surface area contributed by atoms with Crippen LogP contribution < -0.4 is 4.90 Å². The van der Waals surface area contributed by atoms with E-state index in [4.69, 9.17) is 0 Å². The first-order chi connectivity index (χ1) is 24.6. The Balaban J connectivity index is 1.28. The monoisotopic (exact) mass is 637 g/mol. The number of nitrogens with zero attached hydrogens (tertiary/aromatic N) is 1. The standard InChI is InChI=1S/C49H35N/c1-49(2)45-23-12-11-22-43(45)48-46(49)24-13-25-47(48)50(34-27-26-32-14-3-4-15-33(32)30-34)35-28-29-42-40-20-8-7-18-38(40)36-16-5-6-17-37(36)39-19-9-10-21-41(39)44(42)31-35/h3-31H,1-2H3. The summed E-state index contributed by atoms with van der Waals surface area (Å²) in [6.45, 7) is 4.72. The molecule has 0 saturated carbocycles. The maximum Gasteiger partial charge on any atom is 0.0543 e. The van der Waals surface area contributed by atoms with E-state index in [9.17, 15) is 0 Å². The van der Waals surface area contributed by atoms with E-state index in [1.165, 1.54) is 83.2 Å². The molecule has 1 nitrogen and oxygen atoms in total. The van der Waals surface area contributed by atoms with Gasteiger partial charge < -0.3 is 4.90 Å². The molecule has 8 aromatic carbocycles. The van der Waals surface area contributed by atoms with Crippen LogP contribution in [-0.4, -0.2) is 0 Å². The van der Waals surface area contributed by atoms with Crippen LogP contribution in [0.1, 0.15) is 25.0 Å². The summed E-state index contributed by atoms with van der Waals surface area (Å²) >= 11 is 0. The van der Waals surface area contributed by atoms with Crippen LogP contribution in [0.15, 0.2) is 176 Å². The van der Waals surface area contributed by atoms with E-state index >= 15 is 0 Å². The highest BCUT2D eigenvalue weighted by Crippen LogP contribution is 2.55. The molecule has 0 atom stereocenters. The quantitative estimate of drug-likeness (QED) is 0.186. The van der Waals surface area contributed by atoms with Gasteiger partial charge in [-0.15, -0.1) is 0 Å². The predicted molar refractivity (Wildman–Crippen MR) is 211 cm³/mol. The number of fused-ring (bicyclic) bond motifs is 12. The molecule has 0 aliphatic heterocycles. The van der Waals surface area contributed by atoms with Gasteiger partial charge >= 0.3 is 0 Å². The zero-order chi connectivity index (χ0) is 33.4. The Kier molecular flexibility index (Phi) is 6.29. The molecule has 0 bridgehead atoms. The third-order valence-electron chi connectivity index (χ3n) is 11.0. The van der Waals surface area contributed by atoms with Crippen LogP contribution in [-0.2, 0) is 5.41 Å². The summed E-state index contributed by atoms with van der Waals surface area (Å²) in [7, 11) is 0. The lowest BCUT2D eigenvalue weighted by Crippen LogP contribution is -2.16. The highest BCUT2D eigenvalue weighted by molar-refractivity contribution is 6.05. The van der Waals surface area contributed by atoms with Crippen molar-refractivity contribution in [1.29, 1.82) is 0 Å². The molecule has 0 unspecified atom stereocenters. The summed E-state index contributed by atoms with van der Waals surface area (Å²) in [5.74, 6) is 0. The van der Waals surface area contributed by atoms with E-state index in [-0.39, 0.29) is 5.41 Å². The Morgan fingerprint density at radius 1 is 0.340 bits per heavy atom. The molecule has 2 aliphatic rings. The summed E-state index contributed by atoms with van der Waals surface area (Å²) in [5, 5.41) is 2.47. The van der Waals surface area contributed by atoms with Crippen molar-refractivity contribution in [3.8, 4) is 55.6 Å². The summed E-state index contributed by atoms with van der Waals surface area (Å²) in [6, 6.07) is 65.1. The van der Waals surface area contributed by atoms with Gasteiger partial charge in [0, 0.05) is 22.4 Å². The molecule has 0 fully saturated rings. The first-order valence-corrected chi connectivity index (χ1v) is 17.5. The molecule has 0 N–H and O–H groups in total. The maximum atomic E-state index is 2.49. The van der Waals surface area contributed by atoms with Gasteiger partial charge in [-0.1, -0.05) is 159 Å². The average molecular weight is 638 g/mol. The molecule has 0 heterocycles. The first kappa shape index (κ1) is 28.8. The maximum absolute atomic E-state index is 2.49. The van der Waals surface area contributed by atoms with E-state index in [0.29, 0.717) is 0 Å². The zero-order valence-electron chi connectivity index (χ0n) is 28.2. The van der Waals surface area contributed by atoms with Gasteiger partial charge in [0.15, 0.2) is 0 Å². The SMILES string of the molecule is CC1(C)c2ccccc2-c2c(N(c3ccc4c(c3)-c3ccccc3-c3ccccc3-c3ccccc3-4)c3ccc4ccccc4c3)cccc21.